The molecule has 86 valence electrons. The molecule has 0 saturated heterocycles. The first-order valence-corrected chi connectivity index (χ1v) is 4.67. The van der Waals surface area contributed by atoms with Gasteiger partial charge >= 0.3 is 6.18 Å². The van der Waals surface area contributed by atoms with Crippen LogP contribution in [0.25, 0.3) is 0 Å². The summed E-state index contributed by atoms with van der Waals surface area (Å²) in [6.07, 6.45) is -2.97. The Morgan fingerprint density at radius 2 is 1.62 bits per heavy atom. The summed E-state index contributed by atoms with van der Waals surface area (Å²) in [6, 6.07) is 4.19. The summed E-state index contributed by atoms with van der Waals surface area (Å²) in [4.78, 5) is 11.5. The molecule has 0 spiro atoms. The highest BCUT2D eigenvalue weighted by Crippen LogP contribution is 2.29. The molecule has 0 atom stereocenters. The lowest BCUT2D eigenvalue weighted by atomic mass is 10.1. The van der Waals surface area contributed by atoms with E-state index < -0.39 is 11.7 Å². The maximum Gasteiger partial charge on any atom is 0.416 e. The smallest absolute Gasteiger partial charge is 0.289 e. The predicted octanol–water partition coefficient (Wildman–Crippen LogP) is 3.85. The number of carbonyl (C=O) groups excluding carboxylic acids is 1. The maximum absolute atomic E-state index is 12.2. The van der Waals surface area contributed by atoms with E-state index in [-0.39, 0.29) is 11.3 Å². The first kappa shape index (κ1) is 12.5. The van der Waals surface area contributed by atoms with Crippen LogP contribution < -0.4 is 0 Å². The van der Waals surface area contributed by atoms with Gasteiger partial charge in [-0.2, -0.15) is 13.2 Å². The topological polar surface area (TPSA) is 17.1 Å². The molecule has 0 aromatic heterocycles. The normalized spacial score (nSPS) is 11.1. The number of carbonyl (C=O) groups is 1. The maximum atomic E-state index is 12.2. The van der Waals surface area contributed by atoms with Crippen molar-refractivity contribution in [3.8, 4) is 0 Å². The largest absolute Gasteiger partial charge is 0.416 e. The molecule has 1 nitrogen and oxygen atoms in total. The van der Waals surface area contributed by atoms with E-state index in [1.165, 1.54) is 18.2 Å². The quantitative estimate of drug-likeness (QED) is 0.555. The Morgan fingerprint density at radius 1 is 1.12 bits per heavy atom. The zero-order valence-corrected chi connectivity index (χ0v) is 8.93. The van der Waals surface area contributed by atoms with E-state index >= 15 is 0 Å². The number of hydrogen-bond acceptors (Lipinski definition) is 1. The number of alkyl halides is 3. The van der Waals surface area contributed by atoms with Gasteiger partial charge in [0.15, 0.2) is 5.78 Å². The highest BCUT2D eigenvalue weighted by Gasteiger charge is 2.30. The van der Waals surface area contributed by atoms with Gasteiger partial charge in [-0.15, -0.1) is 0 Å². The second-order valence-corrected chi connectivity index (χ2v) is 3.66. The van der Waals surface area contributed by atoms with Crippen molar-refractivity contribution in [1.82, 2.24) is 0 Å². The number of ketones is 1. The van der Waals surface area contributed by atoms with E-state index in [1.54, 1.807) is 13.8 Å². The van der Waals surface area contributed by atoms with E-state index in [1.807, 2.05) is 0 Å². The number of hydrogen-bond donors (Lipinski definition) is 0. The summed E-state index contributed by atoms with van der Waals surface area (Å²) < 4.78 is 36.7. The lowest BCUT2D eigenvalue weighted by Gasteiger charge is -2.06. The minimum atomic E-state index is -4.36. The van der Waals surface area contributed by atoms with E-state index in [2.05, 4.69) is 0 Å². The van der Waals surface area contributed by atoms with E-state index in [0.29, 0.717) is 0 Å². The van der Waals surface area contributed by atoms with Gasteiger partial charge in [0, 0.05) is 5.56 Å². The van der Waals surface area contributed by atoms with Crippen molar-refractivity contribution in [2.75, 3.05) is 0 Å². The van der Waals surface area contributed by atoms with Crippen molar-refractivity contribution in [2.45, 2.75) is 20.0 Å². The fourth-order valence-corrected chi connectivity index (χ4v) is 1.17. The van der Waals surface area contributed by atoms with Crippen LogP contribution >= 0.6 is 0 Å². The van der Waals surface area contributed by atoms with Crippen molar-refractivity contribution in [2.24, 2.45) is 0 Å². The average molecular weight is 228 g/mol. The molecule has 0 saturated carbocycles. The summed E-state index contributed by atoms with van der Waals surface area (Å²) in [5.41, 5.74) is 0.320. The van der Waals surface area contributed by atoms with Crippen molar-refractivity contribution in [1.29, 1.82) is 0 Å². The highest BCUT2D eigenvalue weighted by atomic mass is 19.4. The Labute approximate surface area is 91.6 Å². The molecular formula is C12H11F3O. The molecule has 0 aliphatic carbocycles. The number of rotatable bonds is 2. The molecule has 0 radical (unpaired) electrons. The summed E-state index contributed by atoms with van der Waals surface area (Å²) in [5.74, 6) is -0.284. The third kappa shape index (κ3) is 3.22. The molecular weight excluding hydrogens is 217 g/mol. The second-order valence-electron chi connectivity index (χ2n) is 3.66. The Hall–Kier alpha value is -1.58. The van der Waals surface area contributed by atoms with Crippen LogP contribution in [0.1, 0.15) is 29.8 Å². The second kappa shape index (κ2) is 4.51. The SMILES string of the molecule is CC(C)=CC(=O)c1ccc(C(F)(F)F)cc1. The molecule has 0 unspecified atom stereocenters. The van der Waals surface area contributed by atoms with Gasteiger partial charge in [-0.05, 0) is 32.1 Å². The first-order valence-electron chi connectivity index (χ1n) is 4.67. The van der Waals surface area contributed by atoms with Crippen molar-refractivity contribution < 1.29 is 18.0 Å². The standard InChI is InChI=1S/C12H11F3O/c1-8(2)7-11(16)9-3-5-10(6-4-9)12(13,14)15/h3-7H,1-2H3. The molecule has 0 fully saturated rings. The number of benzene rings is 1. The van der Waals surface area contributed by atoms with Gasteiger partial charge in [-0.3, -0.25) is 4.79 Å². The molecule has 0 N–H and O–H groups in total. The minimum absolute atomic E-state index is 0.259. The zero-order chi connectivity index (χ0) is 12.3. The van der Waals surface area contributed by atoms with Crippen molar-refractivity contribution in [3.05, 3.63) is 47.0 Å². The zero-order valence-electron chi connectivity index (χ0n) is 8.93. The Morgan fingerprint density at radius 3 is 2.00 bits per heavy atom. The van der Waals surface area contributed by atoms with Crippen LogP contribution in [0.3, 0.4) is 0 Å². The van der Waals surface area contributed by atoms with Gasteiger partial charge in [0.05, 0.1) is 5.56 Å². The molecule has 1 aromatic rings. The Kier molecular flexibility index (Phi) is 3.52. The van der Waals surface area contributed by atoms with Gasteiger partial charge in [-0.1, -0.05) is 17.7 Å². The van der Waals surface area contributed by atoms with Crippen molar-refractivity contribution >= 4 is 5.78 Å². The number of halogens is 3. The minimum Gasteiger partial charge on any atom is -0.289 e. The Balaban J connectivity index is 2.96. The first-order chi connectivity index (χ1) is 7.30. The summed E-state index contributed by atoms with van der Waals surface area (Å²) in [6.45, 7) is 3.50. The molecule has 16 heavy (non-hydrogen) atoms. The van der Waals surface area contributed by atoms with Crippen LogP contribution in [0, 0.1) is 0 Å². The fraction of sp³-hybridized carbons (Fsp3) is 0.250. The summed E-state index contributed by atoms with van der Waals surface area (Å²) in [5, 5.41) is 0. The van der Waals surface area contributed by atoms with Gasteiger partial charge in [0.2, 0.25) is 0 Å². The van der Waals surface area contributed by atoms with Crippen LogP contribution in [0.2, 0.25) is 0 Å². The lowest BCUT2D eigenvalue weighted by Crippen LogP contribution is -2.05. The highest BCUT2D eigenvalue weighted by molar-refractivity contribution is 6.04. The molecule has 0 aliphatic heterocycles. The van der Waals surface area contributed by atoms with Crippen LogP contribution in [-0.4, -0.2) is 5.78 Å². The molecule has 1 rings (SSSR count). The lowest BCUT2D eigenvalue weighted by molar-refractivity contribution is -0.137. The van der Waals surface area contributed by atoms with Gasteiger partial charge in [0.25, 0.3) is 0 Å². The van der Waals surface area contributed by atoms with Gasteiger partial charge in [0.1, 0.15) is 0 Å². The molecule has 0 aliphatic rings. The van der Waals surface area contributed by atoms with E-state index in [0.717, 1.165) is 17.7 Å². The molecule has 1 aromatic carbocycles. The van der Waals surface area contributed by atoms with Gasteiger partial charge in [-0.25, -0.2) is 0 Å². The average Bonchev–Trinajstić information content (AvgIpc) is 2.15. The van der Waals surface area contributed by atoms with E-state index in [4.69, 9.17) is 0 Å². The van der Waals surface area contributed by atoms with Crippen LogP contribution in [0.4, 0.5) is 13.2 Å². The molecule has 0 heterocycles. The molecule has 0 bridgehead atoms. The fourth-order valence-electron chi connectivity index (χ4n) is 1.17. The van der Waals surface area contributed by atoms with E-state index in [9.17, 15) is 18.0 Å². The predicted molar refractivity (Wildman–Crippen MR) is 55.2 cm³/mol. The van der Waals surface area contributed by atoms with Crippen LogP contribution in [0.15, 0.2) is 35.9 Å². The van der Waals surface area contributed by atoms with Gasteiger partial charge < -0.3 is 0 Å². The van der Waals surface area contributed by atoms with Crippen LogP contribution in [-0.2, 0) is 6.18 Å². The molecule has 4 heteroatoms. The summed E-state index contributed by atoms with van der Waals surface area (Å²) >= 11 is 0. The monoisotopic (exact) mass is 228 g/mol. The summed E-state index contributed by atoms with van der Waals surface area (Å²) in [7, 11) is 0. The third-order valence-electron chi connectivity index (χ3n) is 1.92. The third-order valence-corrected chi connectivity index (χ3v) is 1.92. The van der Waals surface area contributed by atoms with Crippen LogP contribution in [0.5, 0.6) is 0 Å². The van der Waals surface area contributed by atoms with Crippen molar-refractivity contribution in [3.63, 3.8) is 0 Å². The Bertz CT molecular complexity index is 409. The number of allylic oxidation sites excluding steroid dienone is 2. The molecule has 0 amide bonds.